The molecule has 1 unspecified atom stereocenters. The molecule has 0 aliphatic heterocycles. The second-order valence-electron chi connectivity index (χ2n) is 7.16. The van der Waals surface area contributed by atoms with E-state index in [-0.39, 0.29) is 17.6 Å². The number of carbonyl (C=O) groups excluding carboxylic acids is 1. The van der Waals surface area contributed by atoms with Gasteiger partial charge >= 0.3 is 5.97 Å². The first-order valence-electron chi connectivity index (χ1n) is 9.24. The minimum absolute atomic E-state index is 0.0776. The third-order valence-corrected chi connectivity index (χ3v) is 6.52. The van der Waals surface area contributed by atoms with Crippen LogP contribution in [0.3, 0.4) is 0 Å². The van der Waals surface area contributed by atoms with Crippen molar-refractivity contribution in [3.05, 3.63) is 34.6 Å². The van der Waals surface area contributed by atoms with Gasteiger partial charge in [-0.3, -0.25) is 14.2 Å². The monoisotopic (exact) mass is 390 g/mol. The Hall–Kier alpha value is -1.86. The average Bonchev–Trinajstić information content (AvgIpc) is 3.16. The van der Waals surface area contributed by atoms with Crippen LogP contribution in [0.15, 0.2) is 34.2 Å². The van der Waals surface area contributed by atoms with Gasteiger partial charge in [-0.15, -0.1) is 0 Å². The van der Waals surface area contributed by atoms with Gasteiger partial charge < -0.3 is 9.47 Å². The molecule has 146 valence electrons. The molecule has 1 atom stereocenters. The summed E-state index contributed by atoms with van der Waals surface area (Å²) in [5, 5.41) is 1.21. The molecule has 0 saturated heterocycles. The highest BCUT2D eigenvalue weighted by atomic mass is 32.2. The highest BCUT2D eigenvalue weighted by Crippen LogP contribution is 2.43. The summed E-state index contributed by atoms with van der Waals surface area (Å²) in [6.07, 6.45) is 3.68. The second kappa shape index (κ2) is 8.44. The van der Waals surface area contributed by atoms with Crippen LogP contribution >= 0.6 is 11.8 Å². The minimum Gasteiger partial charge on any atom is -0.469 e. The number of thioether (sulfide) groups is 1. The molecule has 0 amide bonds. The molecule has 7 heteroatoms. The van der Waals surface area contributed by atoms with Crippen LogP contribution in [0.5, 0.6) is 0 Å². The van der Waals surface area contributed by atoms with Crippen molar-refractivity contribution in [1.29, 1.82) is 0 Å². The molecule has 0 radical (unpaired) electrons. The molecule has 27 heavy (non-hydrogen) atoms. The number of fused-ring (bicyclic) bond motifs is 1. The SMILES string of the molecule is COCC(C)n1c(SCC2(C(=O)OC)CCCC2)nc2ccccc2c1=O. The molecule has 1 fully saturated rings. The first-order valence-corrected chi connectivity index (χ1v) is 10.2. The van der Waals surface area contributed by atoms with Crippen molar-refractivity contribution in [1.82, 2.24) is 9.55 Å². The van der Waals surface area contributed by atoms with E-state index in [1.165, 1.54) is 18.9 Å². The summed E-state index contributed by atoms with van der Waals surface area (Å²) in [6, 6.07) is 7.20. The van der Waals surface area contributed by atoms with Crippen LogP contribution in [-0.4, -0.2) is 42.1 Å². The summed E-state index contributed by atoms with van der Waals surface area (Å²) in [5.41, 5.74) is 0.105. The van der Waals surface area contributed by atoms with Gasteiger partial charge in [-0.2, -0.15) is 0 Å². The van der Waals surface area contributed by atoms with Crippen molar-refractivity contribution in [3.8, 4) is 0 Å². The van der Waals surface area contributed by atoms with Crippen LogP contribution < -0.4 is 5.56 Å². The fourth-order valence-corrected chi connectivity index (χ4v) is 5.19. The van der Waals surface area contributed by atoms with Crippen LogP contribution in [0.1, 0.15) is 38.6 Å². The lowest BCUT2D eigenvalue weighted by atomic mass is 9.89. The van der Waals surface area contributed by atoms with E-state index in [0.29, 0.717) is 28.4 Å². The van der Waals surface area contributed by atoms with Crippen molar-refractivity contribution >= 4 is 28.6 Å². The molecule has 1 heterocycles. The average molecular weight is 391 g/mol. The zero-order valence-electron chi connectivity index (χ0n) is 16.1. The molecular formula is C20H26N2O4S. The molecule has 1 aromatic carbocycles. The maximum atomic E-state index is 13.1. The second-order valence-corrected chi connectivity index (χ2v) is 8.10. The number of methoxy groups -OCH3 is 2. The van der Waals surface area contributed by atoms with E-state index in [9.17, 15) is 9.59 Å². The third kappa shape index (κ3) is 3.89. The number of carbonyl (C=O) groups is 1. The summed E-state index contributed by atoms with van der Waals surface area (Å²) >= 11 is 1.47. The van der Waals surface area contributed by atoms with E-state index < -0.39 is 5.41 Å². The Morgan fingerprint density at radius 2 is 2.00 bits per heavy atom. The van der Waals surface area contributed by atoms with Crippen LogP contribution in [0.4, 0.5) is 0 Å². The summed E-state index contributed by atoms with van der Waals surface area (Å²) in [5.74, 6) is 0.400. The maximum Gasteiger partial charge on any atom is 0.312 e. The highest BCUT2D eigenvalue weighted by molar-refractivity contribution is 7.99. The number of ether oxygens (including phenoxy) is 2. The number of nitrogens with zero attached hydrogens (tertiary/aromatic N) is 2. The van der Waals surface area contributed by atoms with Gasteiger partial charge in [-0.1, -0.05) is 36.7 Å². The van der Waals surface area contributed by atoms with E-state index in [1.54, 1.807) is 17.7 Å². The minimum atomic E-state index is -0.488. The largest absolute Gasteiger partial charge is 0.469 e. The van der Waals surface area contributed by atoms with Gasteiger partial charge in [0, 0.05) is 12.9 Å². The normalized spacial score (nSPS) is 17.1. The van der Waals surface area contributed by atoms with E-state index in [4.69, 9.17) is 14.5 Å². The quantitative estimate of drug-likeness (QED) is 0.410. The van der Waals surface area contributed by atoms with Gasteiger partial charge in [0.1, 0.15) is 0 Å². The Bertz CT molecular complexity index is 874. The van der Waals surface area contributed by atoms with Gasteiger partial charge in [0.25, 0.3) is 5.56 Å². The predicted molar refractivity (Wildman–Crippen MR) is 106 cm³/mol. The molecular weight excluding hydrogens is 364 g/mol. The van der Waals surface area contributed by atoms with Gasteiger partial charge in [0.2, 0.25) is 0 Å². The maximum absolute atomic E-state index is 13.1. The Morgan fingerprint density at radius 3 is 2.67 bits per heavy atom. The lowest BCUT2D eigenvalue weighted by molar-refractivity contribution is -0.151. The van der Waals surface area contributed by atoms with Crippen LogP contribution in [0, 0.1) is 5.41 Å². The molecule has 1 saturated carbocycles. The van der Waals surface area contributed by atoms with Crippen molar-refractivity contribution in [2.75, 3.05) is 26.6 Å². The number of rotatable bonds is 7. The zero-order valence-corrected chi connectivity index (χ0v) is 16.9. The lowest BCUT2D eigenvalue weighted by Gasteiger charge is -2.26. The number of para-hydroxylation sites is 1. The topological polar surface area (TPSA) is 70.4 Å². The molecule has 1 aliphatic rings. The summed E-state index contributed by atoms with van der Waals surface area (Å²) in [6.45, 7) is 2.35. The molecule has 0 N–H and O–H groups in total. The Kier molecular flexibility index (Phi) is 6.22. The number of hydrogen-bond donors (Lipinski definition) is 0. The van der Waals surface area contributed by atoms with Gasteiger partial charge in [0.05, 0.1) is 36.1 Å². The molecule has 0 bridgehead atoms. The van der Waals surface area contributed by atoms with Crippen LogP contribution in [0.2, 0.25) is 0 Å². The summed E-state index contributed by atoms with van der Waals surface area (Å²) < 4.78 is 12.0. The van der Waals surface area contributed by atoms with Crippen LogP contribution in [0.25, 0.3) is 10.9 Å². The molecule has 1 aliphatic carbocycles. The highest BCUT2D eigenvalue weighted by Gasteiger charge is 2.42. The first-order chi connectivity index (χ1) is 13.0. The van der Waals surface area contributed by atoms with Gasteiger partial charge in [0.15, 0.2) is 5.16 Å². The van der Waals surface area contributed by atoms with Crippen molar-refractivity contribution in [2.24, 2.45) is 5.41 Å². The third-order valence-electron chi connectivity index (χ3n) is 5.28. The molecule has 3 rings (SSSR count). The number of hydrogen-bond acceptors (Lipinski definition) is 6. The molecule has 6 nitrogen and oxygen atoms in total. The van der Waals surface area contributed by atoms with Gasteiger partial charge in [-0.25, -0.2) is 4.98 Å². The number of aromatic nitrogens is 2. The van der Waals surface area contributed by atoms with E-state index in [0.717, 1.165) is 25.7 Å². The number of esters is 1. The molecule has 0 spiro atoms. The fourth-order valence-electron chi connectivity index (χ4n) is 3.81. The molecule has 1 aromatic heterocycles. The van der Waals surface area contributed by atoms with E-state index >= 15 is 0 Å². The zero-order chi connectivity index (χ0) is 19.4. The van der Waals surface area contributed by atoms with Crippen molar-refractivity contribution in [2.45, 2.75) is 43.8 Å². The standard InChI is InChI=1S/C20H26N2O4S/c1-14(12-25-2)22-17(23)15-8-4-5-9-16(15)21-19(22)27-13-20(18(24)26-3)10-6-7-11-20/h4-5,8-9,14H,6-7,10-13H2,1-3H3. The number of benzene rings is 1. The Morgan fingerprint density at radius 1 is 1.30 bits per heavy atom. The van der Waals surface area contributed by atoms with Gasteiger partial charge in [-0.05, 0) is 31.9 Å². The predicted octanol–water partition coefficient (Wildman–Crippen LogP) is 3.43. The van der Waals surface area contributed by atoms with E-state index in [1.807, 2.05) is 25.1 Å². The first kappa shape index (κ1) is 19.9. The summed E-state index contributed by atoms with van der Waals surface area (Å²) in [4.78, 5) is 30.2. The Labute approximate surface area is 163 Å². The lowest BCUT2D eigenvalue weighted by Crippen LogP contribution is -2.33. The smallest absolute Gasteiger partial charge is 0.312 e. The molecule has 2 aromatic rings. The van der Waals surface area contributed by atoms with Crippen molar-refractivity contribution < 1.29 is 14.3 Å². The van der Waals surface area contributed by atoms with Crippen molar-refractivity contribution in [3.63, 3.8) is 0 Å². The van der Waals surface area contributed by atoms with Crippen LogP contribution in [-0.2, 0) is 14.3 Å². The fraction of sp³-hybridized carbons (Fsp3) is 0.550. The Balaban J connectivity index is 2.00. The summed E-state index contributed by atoms with van der Waals surface area (Å²) in [7, 11) is 3.06. The van der Waals surface area contributed by atoms with E-state index in [2.05, 4.69) is 0 Å².